The minimum Gasteiger partial charge on any atom is -0.481 e. The van der Waals surface area contributed by atoms with Crippen LogP contribution in [0.15, 0.2) is 11.6 Å². The van der Waals surface area contributed by atoms with E-state index in [1.54, 1.807) is 0 Å². The Kier molecular flexibility index (Phi) is 3.57. The maximum atomic E-state index is 11.3. The van der Waals surface area contributed by atoms with Crippen LogP contribution in [0.1, 0.15) is 53.4 Å². The zero-order valence-corrected chi connectivity index (χ0v) is 12.1. The lowest BCUT2D eigenvalue weighted by molar-refractivity contribution is -0.145. The lowest BCUT2D eigenvalue weighted by atomic mass is 9.52. The van der Waals surface area contributed by atoms with Crippen molar-refractivity contribution in [3.63, 3.8) is 0 Å². The van der Waals surface area contributed by atoms with Gasteiger partial charge in [0.15, 0.2) is 0 Å². The van der Waals surface area contributed by atoms with Crippen molar-refractivity contribution in [2.45, 2.75) is 53.4 Å². The molecule has 0 aliphatic heterocycles. The minimum absolute atomic E-state index is 0.219. The second-order valence-corrected chi connectivity index (χ2v) is 6.81. The number of hydrogen-bond acceptors (Lipinski definition) is 1. The number of carbonyl (C=O) groups is 1. The quantitative estimate of drug-likeness (QED) is 0.749. The molecule has 1 N–H and O–H groups in total. The van der Waals surface area contributed by atoms with Crippen LogP contribution in [0.3, 0.4) is 0 Å². The van der Waals surface area contributed by atoms with Gasteiger partial charge in [0.05, 0.1) is 5.92 Å². The summed E-state index contributed by atoms with van der Waals surface area (Å²) in [6.07, 6.45) is 7.06. The average molecular weight is 250 g/mol. The number of hydrogen-bond donors (Lipinski definition) is 1. The van der Waals surface area contributed by atoms with Crippen molar-refractivity contribution in [1.82, 2.24) is 0 Å². The van der Waals surface area contributed by atoms with E-state index in [-0.39, 0.29) is 5.92 Å². The number of aliphatic carboxylic acids is 1. The Bertz CT molecular complexity index is 371. The van der Waals surface area contributed by atoms with E-state index in [1.807, 2.05) is 6.92 Å². The SMILES string of the molecule is CC1=C[C@@H]2[C@H]([C@@H](C)C(=O)O)CC[C@@H](C)[C@]2(C)CC1. The van der Waals surface area contributed by atoms with Gasteiger partial charge in [-0.05, 0) is 55.8 Å². The fraction of sp³-hybridized carbons (Fsp3) is 0.812. The first-order valence-corrected chi connectivity index (χ1v) is 7.26. The second-order valence-electron chi connectivity index (χ2n) is 6.81. The van der Waals surface area contributed by atoms with Crippen LogP contribution in [-0.2, 0) is 4.79 Å². The molecule has 0 aromatic carbocycles. The van der Waals surface area contributed by atoms with E-state index in [0.29, 0.717) is 23.2 Å². The summed E-state index contributed by atoms with van der Waals surface area (Å²) >= 11 is 0. The number of carboxylic acids is 1. The van der Waals surface area contributed by atoms with Gasteiger partial charge in [-0.3, -0.25) is 4.79 Å². The summed E-state index contributed by atoms with van der Waals surface area (Å²) in [5, 5.41) is 9.32. The molecule has 0 saturated heterocycles. The second kappa shape index (κ2) is 4.71. The molecule has 5 atom stereocenters. The predicted octanol–water partition coefficient (Wildman–Crippen LogP) is 4.12. The van der Waals surface area contributed by atoms with E-state index in [4.69, 9.17) is 0 Å². The highest BCUT2D eigenvalue weighted by Crippen LogP contribution is 2.55. The van der Waals surface area contributed by atoms with Crippen LogP contribution in [-0.4, -0.2) is 11.1 Å². The maximum absolute atomic E-state index is 11.3. The molecule has 1 fully saturated rings. The molecule has 2 rings (SSSR count). The number of fused-ring (bicyclic) bond motifs is 1. The Balaban J connectivity index is 2.33. The smallest absolute Gasteiger partial charge is 0.306 e. The van der Waals surface area contributed by atoms with E-state index >= 15 is 0 Å². The van der Waals surface area contributed by atoms with Gasteiger partial charge >= 0.3 is 5.97 Å². The molecule has 0 amide bonds. The lowest BCUT2D eigenvalue weighted by Gasteiger charge is -2.52. The molecule has 2 aliphatic carbocycles. The molecule has 0 spiro atoms. The fourth-order valence-corrected chi connectivity index (χ4v) is 4.10. The maximum Gasteiger partial charge on any atom is 0.306 e. The van der Waals surface area contributed by atoms with Crippen molar-refractivity contribution in [2.75, 3.05) is 0 Å². The van der Waals surface area contributed by atoms with Gasteiger partial charge in [0.2, 0.25) is 0 Å². The van der Waals surface area contributed by atoms with Gasteiger partial charge in [-0.25, -0.2) is 0 Å². The zero-order valence-electron chi connectivity index (χ0n) is 12.1. The fourth-order valence-electron chi connectivity index (χ4n) is 4.10. The molecule has 2 nitrogen and oxygen atoms in total. The molecule has 0 heterocycles. The molecular weight excluding hydrogens is 224 g/mol. The Morgan fingerprint density at radius 1 is 1.50 bits per heavy atom. The van der Waals surface area contributed by atoms with E-state index in [0.717, 1.165) is 6.42 Å². The summed E-state index contributed by atoms with van der Waals surface area (Å²) in [6, 6.07) is 0. The molecule has 2 aliphatic rings. The van der Waals surface area contributed by atoms with Crippen molar-refractivity contribution in [2.24, 2.45) is 29.1 Å². The molecule has 0 bridgehead atoms. The summed E-state index contributed by atoms with van der Waals surface area (Å²) in [4.78, 5) is 11.3. The van der Waals surface area contributed by atoms with Crippen molar-refractivity contribution >= 4 is 5.97 Å². The Morgan fingerprint density at radius 2 is 2.17 bits per heavy atom. The standard InChI is InChI=1S/C16H26O2/c1-10-7-8-16(4)11(2)5-6-13(14(16)9-10)12(3)15(17)18/h9,11-14H,5-8H2,1-4H3,(H,17,18)/t11-,12-,13+,14-,16+/m1/s1. The van der Waals surface area contributed by atoms with Gasteiger partial charge in [0.1, 0.15) is 0 Å². The van der Waals surface area contributed by atoms with Crippen LogP contribution in [0.5, 0.6) is 0 Å². The minimum atomic E-state index is -0.631. The molecule has 2 heteroatoms. The van der Waals surface area contributed by atoms with Gasteiger partial charge in [-0.1, -0.05) is 32.4 Å². The Hall–Kier alpha value is -0.790. The molecule has 18 heavy (non-hydrogen) atoms. The number of carboxylic acid groups (broad SMARTS) is 1. The predicted molar refractivity (Wildman–Crippen MR) is 73.3 cm³/mol. The molecule has 0 aromatic rings. The first-order chi connectivity index (χ1) is 8.36. The van der Waals surface area contributed by atoms with Crippen LogP contribution in [0.25, 0.3) is 0 Å². The first kappa shape index (κ1) is 13.6. The summed E-state index contributed by atoms with van der Waals surface area (Å²) in [6.45, 7) is 8.82. The van der Waals surface area contributed by atoms with E-state index < -0.39 is 5.97 Å². The van der Waals surface area contributed by atoms with Gasteiger partial charge in [-0.15, -0.1) is 0 Å². The Labute approximate surface area is 110 Å². The van der Waals surface area contributed by atoms with Crippen LogP contribution < -0.4 is 0 Å². The third kappa shape index (κ3) is 2.10. The van der Waals surface area contributed by atoms with Crippen molar-refractivity contribution < 1.29 is 9.90 Å². The molecule has 0 radical (unpaired) electrons. The van der Waals surface area contributed by atoms with E-state index in [2.05, 4.69) is 26.8 Å². The molecule has 0 unspecified atom stereocenters. The highest BCUT2D eigenvalue weighted by molar-refractivity contribution is 5.70. The zero-order chi connectivity index (χ0) is 13.5. The normalized spacial score (nSPS) is 41.8. The van der Waals surface area contributed by atoms with E-state index in [9.17, 15) is 9.90 Å². The van der Waals surface area contributed by atoms with Gasteiger partial charge in [-0.2, -0.15) is 0 Å². The molecule has 102 valence electrons. The van der Waals surface area contributed by atoms with Gasteiger partial charge in [0, 0.05) is 0 Å². The molecule has 1 saturated carbocycles. The van der Waals surface area contributed by atoms with Gasteiger partial charge in [0.25, 0.3) is 0 Å². The van der Waals surface area contributed by atoms with Crippen LogP contribution in [0.2, 0.25) is 0 Å². The van der Waals surface area contributed by atoms with Crippen LogP contribution in [0, 0.1) is 29.1 Å². The van der Waals surface area contributed by atoms with Crippen molar-refractivity contribution in [1.29, 1.82) is 0 Å². The largest absolute Gasteiger partial charge is 0.481 e. The number of rotatable bonds is 2. The van der Waals surface area contributed by atoms with E-state index in [1.165, 1.54) is 24.8 Å². The van der Waals surface area contributed by atoms with Crippen LogP contribution >= 0.6 is 0 Å². The third-order valence-corrected chi connectivity index (χ3v) is 5.84. The summed E-state index contributed by atoms with van der Waals surface area (Å²) in [5.74, 6) is 0.640. The Morgan fingerprint density at radius 3 is 2.78 bits per heavy atom. The van der Waals surface area contributed by atoms with Crippen LogP contribution in [0.4, 0.5) is 0 Å². The third-order valence-electron chi connectivity index (χ3n) is 5.84. The van der Waals surface area contributed by atoms with Crippen molar-refractivity contribution in [3.05, 3.63) is 11.6 Å². The summed E-state index contributed by atoms with van der Waals surface area (Å²) in [5.41, 5.74) is 1.76. The van der Waals surface area contributed by atoms with Gasteiger partial charge < -0.3 is 5.11 Å². The average Bonchev–Trinajstić information content (AvgIpc) is 2.31. The summed E-state index contributed by atoms with van der Waals surface area (Å²) in [7, 11) is 0. The highest BCUT2D eigenvalue weighted by Gasteiger charge is 2.48. The topological polar surface area (TPSA) is 37.3 Å². The number of allylic oxidation sites excluding steroid dienone is 2. The summed E-state index contributed by atoms with van der Waals surface area (Å²) < 4.78 is 0. The monoisotopic (exact) mass is 250 g/mol. The van der Waals surface area contributed by atoms with Crippen molar-refractivity contribution in [3.8, 4) is 0 Å². The molecule has 0 aromatic heterocycles. The highest BCUT2D eigenvalue weighted by atomic mass is 16.4. The first-order valence-electron chi connectivity index (χ1n) is 7.26. The molecular formula is C16H26O2. The lowest BCUT2D eigenvalue weighted by Crippen LogP contribution is -2.46.